The van der Waals surface area contributed by atoms with Crippen LogP contribution in [-0.2, 0) is 20.7 Å². The van der Waals surface area contributed by atoms with Gasteiger partial charge in [-0.3, -0.25) is 9.59 Å². The average molecular weight is 371 g/mol. The van der Waals surface area contributed by atoms with E-state index in [9.17, 15) is 14.7 Å². The summed E-state index contributed by atoms with van der Waals surface area (Å²) in [7, 11) is 0. The second kappa shape index (κ2) is 8.38. The molecule has 26 heavy (non-hydrogen) atoms. The fourth-order valence-corrected chi connectivity index (χ4v) is 3.53. The largest absolute Gasteiger partial charge is 0.481 e. The topological polar surface area (TPSA) is 75.6 Å². The number of nitrogens with one attached hydrogen (secondary N) is 1. The second-order valence-corrected chi connectivity index (χ2v) is 7.01. The normalized spacial score (nSPS) is 17.2. The number of carbonyl (C=O) groups is 2. The van der Waals surface area contributed by atoms with Gasteiger partial charge in [-0.25, -0.2) is 0 Å². The van der Waals surface area contributed by atoms with Crippen LogP contribution in [0.1, 0.15) is 35.3 Å². The molecule has 0 fully saturated rings. The van der Waals surface area contributed by atoms with E-state index in [2.05, 4.69) is 5.32 Å². The number of thioether (sulfide) groups is 1. The highest BCUT2D eigenvalue weighted by molar-refractivity contribution is 7.98. The van der Waals surface area contributed by atoms with E-state index in [0.717, 1.165) is 28.0 Å². The monoisotopic (exact) mass is 371 g/mol. The van der Waals surface area contributed by atoms with E-state index in [-0.39, 0.29) is 12.3 Å². The Balaban J connectivity index is 1.80. The van der Waals surface area contributed by atoms with Crippen molar-refractivity contribution >= 4 is 23.6 Å². The molecule has 3 rings (SSSR count). The minimum Gasteiger partial charge on any atom is -0.481 e. The van der Waals surface area contributed by atoms with E-state index in [1.165, 1.54) is 0 Å². The summed E-state index contributed by atoms with van der Waals surface area (Å²) in [6, 6.07) is 14.7. The number of carboxylic acids is 1. The molecule has 0 saturated heterocycles. The van der Waals surface area contributed by atoms with E-state index in [4.69, 9.17) is 4.74 Å². The smallest absolute Gasteiger partial charge is 0.305 e. The standard InChI is InChI=1S/C20H21NO4S/c1-26-15-8-6-14(7-9-15)17(12-18(22)23)21-20(24)19-16-5-3-2-4-13(16)10-11-25-19/h2-9,17,19H,10-12H2,1H3,(H,21,24)(H,22,23). The lowest BCUT2D eigenvalue weighted by Crippen LogP contribution is -2.37. The Hall–Kier alpha value is -2.31. The van der Waals surface area contributed by atoms with Gasteiger partial charge in [-0.05, 0) is 41.5 Å². The van der Waals surface area contributed by atoms with Crippen molar-refractivity contribution in [1.82, 2.24) is 5.32 Å². The second-order valence-electron chi connectivity index (χ2n) is 6.13. The van der Waals surface area contributed by atoms with Crippen molar-refractivity contribution < 1.29 is 19.4 Å². The summed E-state index contributed by atoms with van der Waals surface area (Å²) in [4.78, 5) is 25.2. The first-order chi connectivity index (χ1) is 12.6. The Labute approximate surface area is 156 Å². The first kappa shape index (κ1) is 18.5. The quantitative estimate of drug-likeness (QED) is 0.762. The fourth-order valence-electron chi connectivity index (χ4n) is 3.12. The Morgan fingerprint density at radius 1 is 1.23 bits per heavy atom. The van der Waals surface area contributed by atoms with E-state index in [1.54, 1.807) is 11.8 Å². The van der Waals surface area contributed by atoms with Gasteiger partial charge in [0.25, 0.3) is 5.91 Å². The van der Waals surface area contributed by atoms with Gasteiger partial charge in [-0.2, -0.15) is 0 Å². The number of benzene rings is 2. The number of fused-ring (bicyclic) bond motifs is 1. The van der Waals surface area contributed by atoms with E-state index in [0.29, 0.717) is 6.61 Å². The predicted molar refractivity (Wildman–Crippen MR) is 100 cm³/mol. The summed E-state index contributed by atoms with van der Waals surface area (Å²) in [6.45, 7) is 0.473. The summed E-state index contributed by atoms with van der Waals surface area (Å²) < 4.78 is 5.68. The SMILES string of the molecule is CSc1ccc(C(CC(=O)O)NC(=O)C2OCCc3ccccc32)cc1. The molecule has 1 amide bonds. The van der Waals surface area contributed by atoms with Crippen LogP contribution in [0.2, 0.25) is 0 Å². The number of rotatable bonds is 6. The first-order valence-corrected chi connectivity index (χ1v) is 9.66. The highest BCUT2D eigenvalue weighted by Crippen LogP contribution is 2.29. The van der Waals surface area contributed by atoms with Crippen molar-refractivity contribution in [2.75, 3.05) is 12.9 Å². The molecule has 136 valence electrons. The van der Waals surface area contributed by atoms with Crippen LogP contribution in [0, 0.1) is 0 Å². The Morgan fingerprint density at radius 2 is 1.96 bits per heavy atom. The molecule has 2 aromatic carbocycles. The van der Waals surface area contributed by atoms with Gasteiger partial charge in [0.05, 0.1) is 19.1 Å². The van der Waals surface area contributed by atoms with Gasteiger partial charge in [0.15, 0.2) is 6.10 Å². The van der Waals surface area contributed by atoms with E-state index < -0.39 is 18.1 Å². The minimum atomic E-state index is -0.964. The number of ether oxygens (including phenoxy) is 1. The van der Waals surface area contributed by atoms with E-state index >= 15 is 0 Å². The lowest BCUT2D eigenvalue weighted by Gasteiger charge is -2.27. The van der Waals surface area contributed by atoms with Crippen molar-refractivity contribution in [3.05, 3.63) is 65.2 Å². The Morgan fingerprint density at radius 3 is 2.65 bits per heavy atom. The zero-order chi connectivity index (χ0) is 18.5. The Kier molecular flexibility index (Phi) is 5.96. The lowest BCUT2D eigenvalue weighted by atomic mass is 9.96. The fraction of sp³-hybridized carbons (Fsp3) is 0.300. The van der Waals surface area contributed by atoms with Crippen LogP contribution in [0.3, 0.4) is 0 Å². The van der Waals surface area contributed by atoms with Crippen LogP contribution in [0.25, 0.3) is 0 Å². The van der Waals surface area contributed by atoms with E-state index in [1.807, 2.05) is 54.8 Å². The maximum absolute atomic E-state index is 12.8. The molecular formula is C20H21NO4S. The maximum atomic E-state index is 12.8. The molecule has 2 aromatic rings. The summed E-state index contributed by atoms with van der Waals surface area (Å²) in [6.07, 6.45) is 1.86. The van der Waals surface area contributed by atoms with Gasteiger partial charge in [0.2, 0.25) is 0 Å². The van der Waals surface area contributed by atoms with Gasteiger partial charge >= 0.3 is 5.97 Å². The highest BCUT2D eigenvalue weighted by atomic mass is 32.2. The molecular weight excluding hydrogens is 350 g/mol. The first-order valence-electron chi connectivity index (χ1n) is 8.44. The van der Waals surface area contributed by atoms with Crippen LogP contribution in [-0.4, -0.2) is 29.8 Å². The summed E-state index contributed by atoms with van der Waals surface area (Å²) in [5, 5.41) is 12.1. The van der Waals surface area contributed by atoms with Crippen molar-refractivity contribution in [2.45, 2.75) is 29.9 Å². The number of carbonyl (C=O) groups excluding carboxylic acids is 1. The van der Waals surface area contributed by atoms with Crippen LogP contribution in [0.15, 0.2) is 53.4 Å². The number of aliphatic carboxylic acids is 1. The lowest BCUT2D eigenvalue weighted by molar-refractivity contribution is -0.139. The van der Waals surface area contributed by atoms with Gasteiger partial charge in [-0.15, -0.1) is 11.8 Å². The molecule has 0 radical (unpaired) electrons. The molecule has 0 bridgehead atoms. The van der Waals surface area contributed by atoms with Crippen molar-refractivity contribution in [1.29, 1.82) is 0 Å². The van der Waals surface area contributed by atoms with Crippen molar-refractivity contribution in [3.63, 3.8) is 0 Å². The molecule has 0 saturated carbocycles. The van der Waals surface area contributed by atoms with Crippen molar-refractivity contribution in [2.24, 2.45) is 0 Å². The van der Waals surface area contributed by atoms with Crippen LogP contribution in [0.5, 0.6) is 0 Å². The zero-order valence-corrected chi connectivity index (χ0v) is 15.3. The molecule has 1 heterocycles. The molecule has 0 aromatic heterocycles. The summed E-state index contributed by atoms with van der Waals surface area (Å²) in [5.41, 5.74) is 2.71. The van der Waals surface area contributed by atoms with Gasteiger partial charge in [0, 0.05) is 4.90 Å². The molecule has 2 atom stereocenters. The third kappa shape index (κ3) is 4.26. The molecule has 6 heteroatoms. The molecule has 1 aliphatic rings. The van der Waals surface area contributed by atoms with Crippen LogP contribution < -0.4 is 5.32 Å². The molecule has 0 aliphatic carbocycles. The third-order valence-corrected chi connectivity index (χ3v) is 5.19. The molecule has 2 N–H and O–H groups in total. The number of hydrogen-bond donors (Lipinski definition) is 2. The highest BCUT2D eigenvalue weighted by Gasteiger charge is 2.29. The van der Waals surface area contributed by atoms with Crippen molar-refractivity contribution in [3.8, 4) is 0 Å². The minimum absolute atomic E-state index is 0.182. The Bertz CT molecular complexity index is 791. The predicted octanol–water partition coefficient (Wildman–Crippen LogP) is 3.35. The molecule has 1 aliphatic heterocycles. The number of carboxylic acid groups (broad SMARTS) is 1. The van der Waals surface area contributed by atoms with Gasteiger partial charge in [0.1, 0.15) is 0 Å². The van der Waals surface area contributed by atoms with Crippen LogP contribution >= 0.6 is 11.8 Å². The summed E-state index contributed by atoms with van der Waals surface area (Å²) >= 11 is 1.61. The molecule has 0 spiro atoms. The zero-order valence-electron chi connectivity index (χ0n) is 14.5. The number of amides is 1. The maximum Gasteiger partial charge on any atom is 0.305 e. The summed E-state index contributed by atoms with van der Waals surface area (Å²) in [5.74, 6) is -1.27. The number of hydrogen-bond acceptors (Lipinski definition) is 4. The van der Waals surface area contributed by atoms with Gasteiger partial charge in [-0.1, -0.05) is 36.4 Å². The third-order valence-electron chi connectivity index (χ3n) is 4.45. The van der Waals surface area contributed by atoms with Gasteiger partial charge < -0.3 is 15.2 Å². The molecule has 5 nitrogen and oxygen atoms in total. The van der Waals surface area contributed by atoms with Crippen LogP contribution in [0.4, 0.5) is 0 Å². The average Bonchev–Trinajstić information content (AvgIpc) is 2.66. The molecule has 2 unspecified atom stereocenters.